The molecule has 102 valence electrons. The lowest BCUT2D eigenvalue weighted by atomic mass is 10.2. The molecule has 0 spiro atoms. The zero-order valence-corrected chi connectivity index (χ0v) is 11.7. The maximum Gasteiger partial charge on any atom is 0.244 e. The van der Waals surface area contributed by atoms with Crippen molar-refractivity contribution in [3.05, 3.63) is 24.3 Å². The zero-order valence-electron chi connectivity index (χ0n) is 10.9. The summed E-state index contributed by atoms with van der Waals surface area (Å²) in [6.07, 6.45) is 0.566. The average molecular weight is 272 g/mol. The number of hydrogen-bond donors (Lipinski definition) is 2. The summed E-state index contributed by atoms with van der Waals surface area (Å²) in [5.74, 6) is 0. The molecule has 0 saturated carbocycles. The summed E-state index contributed by atoms with van der Waals surface area (Å²) in [5.41, 5.74) is 0.562. The Balaban J connectivity index is 3.08. The monoisotopic (exact) mass is 272 g/mol. The summed E-state index contributed by atoms with van der Waals surface area (Å²) in [7, 11) is -0.453. The van der Waals surface area contributed by atoms with Crippen LogP contribution in [-0.4, -0.2) is 44.6 Å². The van der Waals surface area contributed by atoms with Crippen molar-refractivity contribution in [1.82, 2.24) is 4.31 Å². The van der Waals surface area contributed by atoms with Crippen LogP contribution in [0, 0.1) is 0 Å². The van der Waals surface area contributed by atoms with E-state index >= 15 is 0 Å². The van der Waals surface area contributed by atoms with E-state index in [1.54, 1.807) is 24.3 Å². The molecular weight excluding hydrogens is 252 g/mol. The molecule has 1 aromatic rings. The van der Waals surface area contributed by atoms with Crippen LogP contribution in [0.2, 0.25) is 0 Å². The van der Waals surface area contributed by atoms with Crippen molar-refractivity contribution in [1.29, 1.82) is 0 Å². The van der Waals surface area contributed by atoms with Gasteiger partial charge in [-0.05, 0) is 25.5 Å². The number of para-hydroxylation sites is 1. The van der Waals surface area contributed by atoms with Gasteiger partial charge in [0.25, 0.3) is 0 Å². The normalized spacial score (nSPS) is 13.6. The third-order valence-corrected chi connectivity index (χ3v) is 4.48. The third-order valence-electron chi connectivity index (χ3n) is 2.61. The number of hydrogen-bond acceptors (Lipinski definition) is 4. The van der Waals surface area contributed by atoms with Crippen LogP contribution >= 0.6 is 0 Å². The second kappa shape index (κ2) is 6.17. The first-order valence-corrected chi connectivity index (χ1v) is 7.22. The topological polar surface area (TPSA) is 69.6 Å². The van der Waals surface area contributed by atoms with E-state index in [0.29, 0.717) is 12.1 Å². The Kier molecular flexibility index (Phi) is 5.13. The molecule has 1 aromatic carbocycles. The number of aliphatic hydroxyl groups is 1. The molecule has 5 nitrogen and oxygen atoms in total. The van der Waals surface area contributed by atoms with Crippen LogP contribution in [0.25, 0.3) is 0 Å². The fourth-order valence-electron chi connectivity index (χ4n) is 1.54. The molecule has 0 aliphatic heterocycles. The third kappa shape index (κ3) is 3.44. The van der Waals surface area contributed by atoms with E-state index in [-0.39, 0.29) is 17.5 Å². The molecular formula is C12H20N2O3S. The van der Waals surface area contributed by atoms with Gasteiger partial charge in [0.2, 0.25) is 10.0 Å². The Morgan fingerprint density at radius 2 is 1.94 bits per heavy atom. The Morgan fingerprint density at radius 1 is 1.33 bits per heavy atom. The van der Waals surface area contributed by atoms with Gasteiger partial charge in [-0.1, -0.05) is 12.1 Å². The Bertz CT molecular complexity index is 486. The molecule has 0 radical (unpaired) electrons. The maximum absolute atomic E-state index is 12.1. The lowest BCUT2D eigenvalue weighted by Gasteiger charge is -2.19. The first-order valence-electron chi connectivity index (χ1n) is 5.78. The molecule has 0 amide bonds. The van der Waals surface area contributed by atoms with Crippen LogP contribution < -0.4 is 5.32 Å². The number of anilines is 1. The molecule has 6 heteroatoms. The molecule has 0 heterocycles. The van der Waals surface area contributed by atoms with Gasteiger partial charge in [0.05, 0.1) is 5.69 Å². The Labute approximate surface area is 108 Å². The van der Waals surface area contributed by atoms with E-state index in [2.05, 4.69) is 5.32 Å². The summed E-state index contributed by atoms with van der Waals surface area (Å²) in [5, 5.41) is 12.0. The highest BCUT2D eigenvalue weighted by molar-refractivity contribution is 7.89. The van der Waals surface area contributed by atoms with Crippen molar-refractivity contribution < 1.29 is 13.5 Å². The van der Waals surface area contributed by atoms with Gasteiger partial charge in [-0.15, -0.1) is 0 Å². The second-order valence-electron chi connectivity index (χ2n) is 4.34. The number of benzene rings is 1. The van der Waals surface area contributed by atoms with Gasteiger partial charge in [-0.2, -0.15) is 0 Å². The highest BCUT2D eigenvalue weighted by Gasteiger charge is 2.21. The molecule has 0 aliphatic carbocycles. The fourth-order valence-corrected chi connectivity index (χ4v) is 2.59. The van der Waals surface area contributed by atoms with Crippen molar-refractivity contribution >= 4 is 15.7 Å². The van der Waals surface area contributed by atoms with Gasteiger partial charge in [0, 0.05) is 26.7 Å². The standard InChI is InChI=1S/C12H20N2O3S/c1-10(8-9-15)13-11-6-4-5-7-12(11)18(16,17)14(2)3/h4-7,10,13,15H,8-9H2,1-3H3. The molecule has 0 saturated heterocycles. The minimum absolute atomic E-state index is 0.00788. The highest BCUT2D eigenvalue weighted by Crippen LogP contribution is 2.23. The molecule has 1 rings (SSSR count). The quantitative estimate of drug-likeness (QED) is 0.814. The molecule has 1 unspecified atom stereocenters. The van der Waals surface area contributed by atoms with Crippen molar-refractivity contribution in [2.75, 3.05) is 26.0 Å². The Hall–Kier alpha value is -1.11. The molecule has 2 N–H and O–H groups in total. The summed E-state index contributed by atoms with van der Waals surface area (Å²) in [4.78, 5) is 0.250. The van der Waals surface area contributed by atoms with Gasteiger partial charge in [-0.25, -0.2) is 12.7 Å². The first kappa shape index (κ1) is 14.9. The lowest BCUT2D eigenvalue weighted by molar-refractivity contribution is 0.282. The van der Waals surface area contributed by atoms with E-state index in [0.717, 1.165) is 0 Å². The van der Waals surface area contributed by atoms with Crippen molar-refractivity contribution in [3.63, 3.8) is 0 Å². The van der Waals surface area contributed by atoms with Gasteiger partial charge in [-0.3, -0.25) is 0 Å². The molecule has 18 heavy (non-hydrogen) atoms. The van der Waals surface area contributed by atoms with E-state index in [1.165, 1.54) is 18.4 Å². The van der Waals surface area contributed by atoms with Crippen molar-refractivity contribution in [3.8, 4) is 0 Å². The van der Waals surface area contributed by atoms with Crippen LogP contribution in [0.4, 0.5) is 5.69 Å². The second-order valence-corrected chi connectivity index (χ2v) is 6.46. The van der Waals surface area contributed by atoms with Crippen molar-refractivity contribution in [2.24, 2.45) is 0 Å². The smallest absolute Gasteiger partial charge is 0.244 e. The molecule has 1 atom stereocenters. The van der Waals surface area contributed by atoms with Crippen LogP contribution in [-0.2, 0) is 10.0 Å². The van der Waals surface area contributed by atoms with E-state index in [1.807, 2.05) is 6.92 Å². The van der Waals surface area contributed by atoms with Gasteiger partial charge in [0.1, 0.15) is 4.90 Å². The van der Waals surface area contributed by atoms with Crippen LogP contribution in [0.5, 0.6) is 0 Å². The van der Waals surface area contributed by atoms with Crippen LogP contribution in [0.3, 0.4) is 0 Å². The van der Waals surface area contributed by atoms with E-state index in [9.17, 15) is 8.42 Å². The number of aliphatic hydroxyl groups excluding tert-OH is 1. The van der Waals surface area contributed by atoms with E-state index < -0.39 is 10.0 Å². The number of nitrogens with one attached hydrogen (secondary N) is 1. The molecule has 0 aromatic heterocycles. The van der Waals surface area contributed by atoms with E-state index in [4.69, 9.17) is 5.11 Å². The van der Waals surface area contributed by atoms with Crippen LogP contribution in [0.1, 0.15) is 13.3 Å². The summed E-state index contributed by atoms with van der Waals surface area (Å²) in [6.45, 7) is 1.96. The summed E-state index contributed by atoms with van der Waals surface area (Å²) < 4.78 is 25.4. The number of sulfonamides is 1. The highest BCUT2D eigenvalue weighted by atomic mass is 32.2. The van der Waals surface area contributed by atoms with Crippen molar-refractivity contribution in [2.45, 2.75) is 24.3 Å². The average Bonchev–Trinajstić information content (AvgIpc) is 2.29. The van der Waals surface area contributed by atoms with Crippen LogP contribution in [0.15, 0.2) is 29.2 Å². The maximum atomic E-state index is 12.1. The zero-order chi connectivity index (χ0) is 13.8. The number of rotatable bonds is 6. The van der Waals surface area contributed by atoms with Gasteiger partial charge >= 0.3 is 0 Å². The lowest BCUT2D eigenvalue weighted by Crippen LogP contribution is -2.25. The first-order chi connectivity index (χ1) is 8.39. The van der Waals surface area contributed by atoms with Gasteiger partial charge in [0.15, 0.2) is 0 Å². The molecule has 0 fully saturated rings. The van der Waals surface area contributed by atoms with Gasteiger partial charge < -0.3 is 10.4 Å². The molecule has 0 aliphatic rings. The largest absolute Gasteiger partial charge is 0.396 e. The minimum atomic E-state index is -3.46. The SMILES string of the molecule is CC(CCO)Nc1ccccc1S(=O)(=O)N(C)C. The predicted molar refractivity (Wildman–Crippen MR) is 72.1 cm³/mol. The fraction of sp³-hybridized carbons (Fsp3) is 0.500. The minimum Gasteiger partial charge on any atom is -0.396 e. The molecule has 0 bridgehead atoms. The Morgan fingerprint density at radius 3 is 2.50 bits per heavy atom. The number of nitrogens with zero attached hydrogens (tertiary/aromatic N) is 1. The predicted octanol–water partition coefficient (Wildman–Crippen LogP) is 1.12. The summed E-state index contributed by atoms with van der Waals surface area (Å²) in [6, 6.07) is 6.78. The summed E-state index contributed by atoms with van der Waals surface area (Å²) >= 11 is 0.